The molecule has 0 amide bonds. The van der Waals surface area contributed by atoms with E-state index in [0.29, 0.717) is 6.61 Å². The van der Waals surface area contributed by atoms with Crippen LogP contribution in [0.3, 0.4) is 0 Å². The number of hydrogen-bond acceptors (Lipinski definition) is 1. The van der Waals surface area contributed by atoms with Crippen LogP contribution < -0.4 is 15.9 Å². The molecular formula is C23H30OP+. The highest BCUT2D eigenvalue weighted by molar-refractivity contribution is 7.79. The molecular weight excluding hydrogens is 323 g/mol. The largest absolute Gasteiger partial charge is 0.396 e. The normalized spacial score (nSPS) is 9.48. The first-order chi connectivity index (χ1) is 12.4. The van der Waals surface area contributed by atoms with E-state index in [-0.39, 0.29) is 0 Å². The molecule has 25 heavy (non-hydrogen) atoms. The maximum atomic E-state index is 7.88. The smallest absolute Gasteiger partial charge is 0.102 e. The van der Waals surface area contributed by atoms with Crippen LogP contribution in [0, 0.1) is 0 Å². The van der Waals surface area contributed by atoms with Gasteiger partial charge in [-0.15, -0.1) is 0 Å². The van der Waals surface area contributed by atoms with Gasteiger partial charge in [0.1, 0.15) is 15.9 Å². The number of hydrogen-bond donors (Lipinski definition) is 1. The lowest BCUT2D eigenvalue weighted by atomic mass is 10.4. The van der Waals surface area contributed by atoms with Crippen molar-refractivity contribution < 1.29 is 5.11 Å². The van der Waals surface area contributed by atoms with Gasteiger partial charge in [0, 0.05) is 6.61 Å². The summed E-state index contributed by atoms with van der Waals surface area (Å²) in [6.45, 7) is 6.25. The van der Waals surface area contributed by atoms with Crippen molar-refractivity contribution in [1.82, 2.24) is 0 Å². The van der Waals surface area contributed by atoms with E-state index in [4.69, 9.17) is 5.11 Å². The molecule has 3 aromatic rings. The van der Waals surface area contributed by atoms with E-state index in [1.165, 1.54) is 15.9 Å². The first-order valence-corrected chi connectivity index (χ1v) is 10.5. The number of aliphatic hydroxyl groups is 1. The predicted octanol–water partition coefficient (Wildman–Crippen LogP) is 4.59. The molecule has 0 fully saturated rings. The molecule has 0 heterocycles. The van der Waals surface area contributed by atoms with Crippen molar-refractivity contribution in [1.29, 1.82) is 0 Å². The van der Waals surface area contributed by atoms with Crippen LogP contribution in [0.25, 0.3) is 0 Å². The van der Waals surface area contributed by atoms with E-state index in [9.17, 15) is 0 Å². The Labute approximate surface area is 154 Å². The van der Waals surface area contributed by atoms with Gasteiger partial charge in [0.15, 0.2) is 0 Å². The Balaban J connectivity index is 0.000000461. The van der Waals surface area contributed by atoms with Crippen LogP contribution in [-0.4, -0.2) is 11.7 Å². The van der Waals surface area contributed by atoms with E-state index < -0.39 is 7.92 Å². The highest BCUT2D eigenvalue weighted by Gasteiger charge is 2.24. The molecule has 0 spiro atoms. The topological polar surface area (TPSA) is 20.2 Å². The maximum Gasteiger partial charge on any atom is 0.102 e. The van der Waals surface area contributed by atoms with Crippen LogP contribution in [0.5, 0.6) is 0 Å². The third-order valence-corrected chi connectivity index (χ3v) is 6.14. The average molecular weight is 353 g/mol. The van der Waals surface area contributed by atoms with Gasteiger partial charge in [-0.2, -0.15) is 0 Å². The van der Waals surface area contributed by atoms with Crippen molar-refractivity contribution in [3.8, 4) is 0 Å². The second-order valence-electron chi connectivity index (χ2n) is 5.20. The summed E-state index contributed by atoms with van der Waals surface area (Å²) in [7, 11) is -0.877. The Kier molecular flexibility index (Phi) is 11.3. The molecule has 132 valence electrons. The molecule has 0 aliphatic heterocycles. The first kappa shape index (κ1) is 21.1. The summed E-state index contributed by atoms with van der Waals surface area (Å²) < 4.78 is 0. The quantitative estimate of drug-likeness (QED) is 0.680. The summed E-state index contributed by atoms with van der Waals surface area (Å²) in [6.07, 6.45) is 0.875. The molecule has 0 unspecified atom stereocenters. The van der Waals surface area contributed by atoms with Gasteiger partial charge in [0.05, 0.1) is 7.92 Å². The molecule has 0 aromatic heterocycles. The Morgan fingerprint density at radius 2 is 0.840 bits per heavy atom. The standard InChI is InChI=1S/C18H15P.C3H8O.C2H6/c1-4-10-16(11-5-1)19(17-12-6-2-7-13-17)18-14-8-3-9-15-18;1-2-3-4;1-2/h1-15H;4H,2-3H2,1H3;1-2H3/p+1. The lowest BCUT2D eigenvalue weighted by Crippen LogP contribution is -2.20. The predicted molar refractivity (Wildman–Crippen MR) is 115 cm³/mol. The molecule has 0 aliphatic rings. The zero-order valence-corrected chi connectivity index (χ0v) is 16.5. The van der Waals surface area contributed by atoms with Crippen LogP contribution in [-0.2, 0) is 0 Å². The minimum atomic E-state index is -0.877. The summed E-state index contributed by atoms with van der Waals surface area (Å²) in [5.74, 6) is 0. The van der Waals surface area contributed by atoms with Crippen LogP contribution >= 0.6 is 7.92 Å². The fraction of sp³-hybridized carbons (Fsp3) is 0.217. The van der Waals surface area contributed by atoms with Crippen molar-refractivity contribution in [2.24, 2.45) is 0 Å². The van der Waals surface area contributed by atoms with E-state index in [1.807, 2.05) is 20.8 Å². The summed E-state index contributed by atoms with van der Waals surface area (Å²) in [5.41, 5.74) is 0. The molecule has 0 atom stereocenters. The maximum absolute atomic E-state index is 7.88. The van der Waals surface area contributed by atoms with Gasteiger partial charge in [-0.1, -0.05) is 75.4 Å². The second kappa shape index (κ2) is 13.4. The third kappa shape index (κ3) is 7.22. The summed E-state index contributed by atoms with van der Waals surface area (Å²) >= 11 is 0. The van der Waals surface area contributed by atoms with Gasteiger partial charge in [0.2, 0.25) is 0 Å². The summed E-state index contributed by atoms with van der Waals surface area (Å²) in [4.78, 5) is 0. The van der Waals surface area contributed by atoms with E-state index in [2.05, 4.69) is 91.0 Å². The molecule has 0 bridgehead atoms. The van der Waals surface area contributed by atoms with Gasteiger partial charge < -0.3 is 5.11 Å². The molecule has 1 nitrogen and oxygen atoms in total. The SMILES string of the molecule is CC.CCCO.c1ccc([PH+](c2ccccc2)c2ccccc2)cc1. The van der Waals surface area contributed by atoms with Crippen molar-refractivity contribution in [2.45, 2.75) is 27.2 Å². The molecule has 3 aromatic carbocycles. The molecule has 0 saturated heterocycles. The van der Waals surface area contributed by atoms with Crippen molar-refractivity contribution >= 4 is 23.8 Å². The highest BCUT2D eigenvalue weighted by atomic mass is 31.1. The van der Waals surface area contributed by atoms with Crippen LogP contribution in [0.15, 0.2) is 91.0 Å². The Morgan fingerprint density at radius 1 is 0.600 bits per heavy atom. The summed E-state index contributed by atoms with van der Waals surface area (Å²) in [5, 5.41) is 12.2. The molecule has 1 N–H and O–H groups in total. The van der Waals surface area contributed by atoms with Crippen LogP contribution in [0.4, 0.5) is 0 Å². The van der Waals surface area contributed by atoms with Gasteiger partial charge in [0.25, 0.3) is 0 Å². The highest BCUT2D eigenvalue weighted by Crippen LogP contribution is 2.32. The zero-order chi connectivity index (χ0) is 18.3. The average Bonchev–Trinajstić information content (AvgIpc) is 2.72. The number of aliphatic hydroxyl groups excluding tert-OH is 1. The van der Waals surface area contributed by atoms with Gasteiger partial charge in [-0.25, -0.2) is 0 Å². The fourth-order valence-electron chi connectivity index (χ4n) is 2.31. The molecule has 0 aliphatic carbocycles. The van der Waals surface area contributed by atoms with Gasteiger partial charge in [-0.3, -0.25) is 0 Å². The third-order valence-electron chi connectivity index (χ3n) is 3.41. The minimum absolute atomic E-state index is 0.319. The van der Waals surface area contributed by atoms with E-state index >= 15 is 0 Å². The molecule has 0 saturated carbocycles. The van der Waals surface area contributed by atoms with Crippen molar-refractivity contribution in [3.05, 3.63) is 91.0 Å². The summed E-state index contributed by atoms with van der Waals surface area (Å²) in [6, 6.07) is 32.5. The van der Waals surface area contributed by atoms with Gasteiger partial charge in [-0.05, 0) is 42.8 Å². The number of rotatable bonds is 4. The number of benzene rings is 3. The van der Waals surface area contributed by atoms with E-state index in [1.54, 1.807) is 0 Å². The Bertz CT molecular complexity index is 558. The molecule has 3 rings (SSSR count). The van der Waals surface area contributed by atoms with Crippen LogP contribution in [0.2, 0.25) is 0 Å². The first-order valence-electron chi connectivity index (χ1n) is 9.01. The molecule has 2 heteroatoms. The van der Waals surface area contributed by atoms with E-state index in [0.717, 1.165) is 6.42 Å². The van der Waals surface area contributed by atoms with Crippen LogP contribution in [0.1, 0.15) is 27.2 Å². The second-order valence-corrected chi connectivity index (χ2v) is 7.68. The monoisotopic (exact) mass is 353 g/mol. The van der Waals surface area contributed by atoms with Crippen molar-refractivity contribution in [3.63, 3.8) is 0 Å². The Hall–Kier alpha value is -1.95. The Morgan fingerprint density at radius 3 is 1.04 bits per heavy atom. The lowest BCUT2D eigenvalue weighted by molar-refractivity contribution is 0.295. The molecule has 0 radical (unpaired) electrons. The fourth-order valence-corrected chi connectivity index (χ4v) is 4.89. The minimum Gasteiger partial charge on any atom is -0.396 e. The zero-order valence-electron chi connectivity index (χ0n) is 15.5. The van der Waals surface area contributed by atoms with Crippen molar-refractivity contribution in [2.75, 3.05) is 6.61 Å². The lowest BCUT2D eigenvalue weighted by Gasteiger charge is -2.10. The van der Waals surface area contributed by atoms with Gasteiger partial charge >= 0.3 is 0 Å².